The summed E-state index contributed by atoms with van der Waals surface area (Å²) < 4.78 is 15.7. The van der Waals surface area contributed by atoms with Gasteiger partial charge in [0.15, 0.2) is 0 Å². The Hall–Kier alpha value is -1.24. The smallest absolute Gasteiger partial charge is 0.407 e. The fraction of sp³-hybridized carbons (Fsp3) is 0.867. The van der Waals surface area contributed by atoms with E-state index in [-0.39, 0.29) is 31.0 Å². The normalized spacial score (nSPS) is 25.4. The summed E-state index contributed by atoms with van der Waals surface area (Å²) in [4.78, 5) is 24.1. The van der Waals surface area contributed by atoms with Crippen molar-refractivity contribution in [1.29, 1.82) is 0 Å². The van der Waals surface area contributed by atoms with Gasteiger partial charge in [-0.1, -0.05) is 6.32 Å². The van der Waals surface area contributed by atoms with Crippen LogP contribution < -0.4 is 5.32 Å². The summed E-state index contributed by atoms with van der Waals surface area (Å²) in [7, 11) is 6.98. The van der Waals surface area contributed by atoms with Crippen molar-refractivity contribution in [3.63, 3.8) is 0 Å². The molecular formula is C15H26BNO5. The molecule has 6 nitrogen and oxygen atoms in total. The van der Waals surface area contributed by atoms with Crippen LogP contribution in [-0.4, -0.2) is 51.4 Å². The van der Waals surface area contributed by atoms with Crippen molar-refractivity contribution in [2.24, 2.45) is 5.92 Å². The van der Waals surface area contributed by atoms with E-state index in [1.807, 2.05) is 0 Å². The SMILES string of the molecule is [B]CCOC(=O)[C@H]1CC[C@H](OC)C[C@@H]1NC(=O)OC(C)(C)C. The molecule has 1 aliphatic carbocycles. The van der Waals surface area contributed by atoms with E-state index in [9.17, 15) is 9.59 Å². The molecule has 2 radical (unpaired) electrons. The lowest BCUT2D eigenvalue weighted by Gasteiger charge is -2.35. The van der Waals surface area contributed by atoms with Gasteiger partial charge in [-0.25, -0.2) is 4.79 Å². The van der Waals surface area contributed by atoms with E-state index in [0.717, 1.165) is 6.42 Å². The Bertz CT molecular complexity index is 383. The van der Waals surface area contributed by atoms with Crippen LogP contribution in [0, 0.1) is 5.92 Å². The Kier molecular flexibility index (Phi) is 7.19. The van der Waals surface area contributed by atoms with Gasteiger partial charge in [-0.3, -0.25) is 4.79 Å². The number of carbonyl (C=O) groups is 2. The lowest BCUT2D eigenvalue weighted by Crippen LogP contribution is -2.50. The van der Waals surface area contributed by atoms with Gasteiger partial charge in [0.05, 0.1) is 26.5 Å². The maximum atomic E-state index is 12.1. The standard InChI is InChI=1S/C15H26BNO5/c1-15(2,3)22-14(19)17-12-9-10(20-4)5-6-11(12)13(18)21-8-7-16/h10-12H,5-9H2,1-4H3,(H,17,19)/t10-,11-,12-/m0/s1. The maximum Gasteiger partial charge on any atom is 0.407 e. The van der Waals surface area contributed by atoms with Crippen molar-refractivity contribution >= 4 is 19.9 Å². The number of rotatable bonds is 5. The number of ether oxygens (including phenoxy) is 3. The largest absolute Gasteiger partial charge is 0.466 e. The molecule has 0 unspecified atom stereocenters. The van der Waals surface area contributed by atoms with Crippen molar-refractivity contribution in [2.75, 3.05) is 13.7 Å². The maximum absolute atomic E-state index is 12.1. The first-order chi connectivity index (χ1) is 10.3. The molecule has 0 aromatic heterocycles. The lowest BCUT2D eigenvalue weighted by molar-refractivity contribution is -0.151. The van der Waals surface area contributed by atoms with Crippen molar-refractivity contribution in [3.8, 4) is 0 Å². The number of hydrogen-bond acceptors (Lipinski definition) is 5. The van der Waals surface area contributed by atoms with Gasteiger partial charge in [0.2, 0.25) is 0 Å². The van der Waals surface area contributed by atoms with Crippen LogP contribution in [0.2, 0.25) is 6.32 Å². The molecule has 1 aliphatic rings. The van der Waals surface area contributed by atoms with Crippen LogP contribution in [0.1, 0.15) is 40.0 Å². The predicted molar refractivity (Wildman–Crippen MR) is 82.8 cm³/mol. The van der Waals surface area contributed by atoms with Crippen LogP contribution in [0.15, 0.2) is 0 Å². The third-order valence-electron chi connectivity index (χ3n) is 3.50. The summed E-state index contributed by atoms with van der Waals surface area (Å²) in [6.07, 6.45) is 1.67. The second-order valence-corrected chi connectivity index (χ2v) is 6.49. The summed E-state index contributed by atoms with van der Waals surface area (Å²) in [5.74, 6) is -0.730. The average molecular weight is 311 g/mol. The van der Waals surface area contributed by atoms with Crippen LogP contribution in [0.3, 0.4) is 0 Å². The molecule has 0 spiro atoms. The Balaban J connectivity index is 2.69. The molecule has 0 aliphatic heterocycles. The van der Waals surface area contributed by atoms with E-state index in [1.54, 1.807) is 27.9 Å². The molecule has 1 rings (SSSR count). The molecule has 1 fully saturated rings. The zero-order valence-electron chi connectivity index (χ0n) is 13.9. The van der Waals surface area contributed by atoms with Gasteiger partial charge in [-0.15, -0.1) is 0 Å². The minimum Gasteiger partial charge on any atom is -0.466 e. The zero-order valence-corrected chi connectivity index (χ0v) is 13.9. The quantitative estimate of drug-likeness (QED) is 0.619. The van der Waals surface area contributed by atoms with Gasteiger partial charge in [0, 0.05) is 13.2 Å². The second kappa shape index (κ2) is 8.41. The fourth-order valence-electron chi connectivity index (χ4n) is 2.51. The average Bonchev–Trinajstić information content (AvgIpc) is 2.42. The number of nitrogens with one attached hydrogen (secondary N) is 1. The van der Waals surface area contributed by atoms with E-state index in [2.05, 4.69) is 5.32 Å². The van der Waals surface area contributed by atoms with Crippen molar-refractivity contribution in [3.05, 3.63) is 0 Å². The molecule has 22 heavy (non-hydrogen) atoms. The summed E-state index contributed by atoms with van der Waals surface area (Å²) in [6, 6.07) is -0.362. The molecule has 7 heteroatoms. The first-order valence-electron chi connectivity index (χ1n) is 7.66. The predicted octanol–water partition coefficient (Wildman–Crippen LogP) is 1.82. The van der Waals surface area contributed by atoms with Crippen LogP contribution in [0.25, 0.3) is 0 Å². The highest BCUT2D eigenvalue weighted by molar-refractivity contribution is 6.08. The lowest BCUT2D eigenvalue weighted by atomic mass is 9.83. The molecule has 0 bridgehead atoms. The Morgan fingerprint density at radius 3 is 2.50 bits per heavy atom. The van der Waals surface area contributed by atoms with Crippen LogP contribution in [0.5, 0.6) is 0 Å². The molecule has 0 aromatic carbocycles. The van der Waals surface area contributed by atoms with Crippen molar-refractivity contribution in [2.45, 2.75) is 64.1 Å². The number of hydrogen-bond donors (Lipinski definition) is 1. The minimum absolute atomic E-state index is 0.0125. The fourth-order valence-corrected chi connectivity index (χ4v) is 2.51. The van der Waals surface area contributed by atoms with Gasteiger partial charge >= 0.3 is 12.1 Å². The molecular weight excluding hydrogens is 285 g/mol. The topological polar surface area (TPSA) is 73.9 Å². The van der Waals surface area contributed by atoms with Gasteiger partial charge in [0.1, 0.15) is 5.60 Å². The third-order valence-corrected chi connectivity index (χ3v) is 3.50. The Labute approximate surface area is 133 Å². The van der Waals surface area contributed by atoms with Crippen molar-refractivity contribution in [1.82, 2.24) is 5.32 Å². The number of alkyl carbamates (subject to hydrolysis) is 1. The van der Waals surface area contributed by atoms with E-state index >= 15 is 0 Å². The second-order valence-electron chi connectivity index (χ2n) is 6.49. The first kappa shape index (κ1) is 18.8. The van der Waals surface area contributed by atoms with Crippen molar-refractivity contribution < 1.29 is 23.8 Å². The van der Waals surface area contributed by atoms with Crippen LogP contribution in [-0.2, 0) is 19.0 Å². The zero-order chi connectivity index (χ0) is 16.8. The molecule has 1 saturated carbocycles. The minimum atomic E-state index is -0.588. The molecule has 124 valence electrons. The molecule has 1 amide bonds. The highest BCUT2D eigenvalue weighted by atomic mass is 16.6. The number of carbonyl (C=O) groups excluding carboxylic acids is 2. The van der Waals surface area contributed by atoms with Gasteiger partial charge in [-0.2, -0.15) is 0 Å². The highest BCUT2D eigenvalue weighted by Gasteiger charge is 2.37. The van der Waals surface area contributed by atoms with Crippen LogP contribution in [0.4, 0.5) is 4.79 Å². The summed E-state index contributed by atoms with van der Waals surface area (Å²) in [5, 5.41) is 2.77. The molecule has 0 heterocycles. The van der Waals surface area contributed by atoms with Gasteiger partial charge < -0.3 is 19.5 Å². The Morgan fingerprint density at radius 1 is 1.27 bits per heavy atom. The van der Waals surface area contributed by atoms with E-state index < -0.39 is 17.6 Å². The highest BCUT2D eigenvalue weighted by Crippen LogP contribution is 2.28. The van der Waals surface area contributed by atoms with E-state index in [4.69, 9.17) is 22.1 Å². The van der Waals surface area contributed by atoms with E-state index in [0.29, 0.717) is 12.8 Å². The van der Waals surface area contributed by atoms with E-state index in [1.165, 1.54) is 0 Å². The molecule has 0 aromatic rings. The summed E-state index contributed by atoms with van der Waals surface area (Å²) in [6.45, 7) is 5.55. The molecule has 1 N–H and O–H groups in total. The number of esters is 1. The third kappa shape index (κ3) is 6.26. The van der Waals surface area contributed by atoms with Crippen LogP contribution >= 0.6 is 0 Å². The number of methoxy groups -OCH3 is 1. The molecule has 0 saturated heterocycles. The van der Waals surface area contributed by atoms with Gasteiger partial charge in [-0.05, 0) is 40.0 Å². The number of amides is 1. The summed E-state index contributed by atoms with van der Waals surface area (Å²) >= 11 is 0. The first-order valence-corrected chi connectivity index (χ1v) is 7.66. The summed E-state index contributed by atoms with van der Waals surface area (Å²) in [5.41, 5.74) is -0.588. The Morgan fingerprint density at radius 2 is 1.95 bits per heavy atom. The monoisotopic (exact) mass is 311 g/mol. The molecule has 3 atom stereocenters. The van der Waals surface area contributed by atoms with Gasteiger partial charge in [0.25, 0.3) is 0 Å².